The SMILES string of the molecule is CC(C)(C)C(=O)CNC(=O)C1CCC(F)(F)CC1. The molecule has 1 rings (SSSR count). The van der Waals surface area contributed by atoms with Crippen LogP contribution in [0.2, 0.25) is 0 Å². The van der Waals surface area contributed by atoms with Gasteiger partial charge in [-0.25, -0.2) is 8.78 Å². The van der Waals surface area contributed by atoms with Gasteiger partial charge in [0.05, 0.1) is 6.54 Å². The summed E-state index contributed by atoms with van der Waals surface area (Å²) in [6.45, 7) is 5.32. The lowest BCUT2D eigenvalue weighted by atomic mass is 9.86. The Bertz CT molecular complexity index is 324. The first kappa shape index (κ1) is 15.1. The van der Waals surface area contributed by atoms with E-state index in [4.69, 9.17) is 0 Å². The van der Waals surface area contributed by atoms with Crippen LogP contribution >= 0.6 is 0 Å². The molecule has 0 heterocycles. The number of hydrogen-bond donors (Lipinski definition) is 1. The maximum atomic E-state index is 12.9. The van der Waals surface area contributed by atoms with E-state index in [0.29, 0.717) is 0 Å². The van der Waals surface area contributed by atoms with E-state index in [2.05, 4.69) is 5.32 Å². The second kappa shape index (κ2) is 5.33. The van der Waals surface area contributed by atoms with Crippen molar-refractivity contribution in [2.75, 3.05) is 6.54 Å². The lowest BCUT2D eigenvalue weighted by Gasteiger charge is -2.27. The predicted octanol–water partition coefficient (Wildman–Crippen LogP) is 2.54. The molecule has 0 atom stereocenters. The Labute approximate surface area is 106 Å². The van der Waals surface area contributed by atoms with Gasteiger partial charge in [0.25, 0.3) is 0 Å². The Balaban J connectivity index is 2.37. The molecule has 0 aromatic heterocycles. The summed E-state index contributed by atoms with van der Waals surface area (Å²) >= 11 is 0. The van der Waals surface area contributed by atoms with Crippen molar-refractivity contribution in [3.63, 3.8) is 0 Å². The van der Waals surface area contributed by atoms with Crippen LogP contribution in [0.15, 0.2) is 0 Å². The standard InChI is InChI=1S/C13H21F2NO2/c1-12(2,3)10(17)8-16-11(18)9-4-6-13(14,15)7-5-9/h9H,4-8H2,1-3H3,(H,16,18). The number of carbonyl (C=O) groups excluding carboxylic acids is 2. The van der Waals surface area contributed by atoms with Crippen LogP contribution in [-0.4, -0.2) is 24.2 Å². The quantitative estimate of drug-likeness (QED) is 0.848. The Hall–Kier alpha value is -1.00. The molecule has 0 aliphatic heterocycles. The number of alkyl halides is 2. The minimum absolute atomic E-state index is 0.0186. The lowest BCUT2D eigenvalue weighted by Crippen LogP contribution is -2.40. The van der Waals surface area contributed by atoms with Crippen LogP contribution in [0, 0.1) is 11.3 Å². The molecule has 1 fully saturated rings. The van der Waals surface area contributed by atoms with Gasteiger partial charge in [0.2, 0.25) is 11.8 Å². The number of hydrogen-bond acceptors (Lipinski definition) is 2. The Morgan fingerprint density at radius 3 is 2.17 bits per heavy atom. The Morgan fingerprint density at radius 2 is 1.72 bits per heavy atom. The maximum Gasteiger partial charge on any atom is 0.248 e. The van der Waals surface area contributed by atoms with Gasteiger partial charge in [-0.1, -0.05) is 20.8 Å². The first-order chi connectivity index (χ1) is 8.12. The number of Topliss-reactive ketones (excluding diaryl/α,β-unsaturated/α-hetero) is 1. The molecule has 1 amide bonds. The molecule has 0 radical (unpaired) electrons. The number of rotatable bonds is 3. The number of nitrogens with one attached hydrogen (secondary N) is 1. The molecule has 104 valence electrons. The lowest BCUT2D eigenvalue weighted by molar-refractivity contribution is -0.133. The highest BCUT2D eigenvalue weighted by Gasteiger charge is 2.37. The zero-order chi connectivity index (χ0) is 14.0. The molecular weight excluding hydrogens is 240 g/mol. The van der Waals surface area contributed by atoms with Gasteiger partial charge in [-0.15, -0.1) is 0 Å². The topological polar surface area (TPSA) is 46.2 Å². The molecule has 5 heteroatoms. The Morgan fingerprint density at radius 1 is 1.22 bits per heavy atom. The van der Waals surface area contributed by atoms with Crippen LogP contribution in [0.3, 0.4) is 0 Å². The molecule has 0 spiro atoms. The molecule has 1 saturated carbocycles. The molecule has 0 saturated heterocycles. The van der Waals surface area contributed by atoms with Gasteiger partial charge in [-0.2, -0.15) is 0 Å². The second-order valence-electron chi connectivity index (χ2n) is 6.02. The second-order valence-corrected chi connectivity index (χ2v) is 6.02. The third kappa shape index (κ3) is 4.35. The summed E-state index contributed by atoms with van der Waals surface area (Å²) in [6.07, 6.45) is -0.0817. The van der Waals surface area contributed by atoms with Gasteiger partial charge in [-0.05, 0) is 12.8 Å². The van der Waals surface area contributed by atoms with E-state index >= 15 is 0 Å². The third-order valence-corrected chi connectivity index (χ3v) is 3.35. The normalized spacial score (nSPS) is 20.5. The summed E-state index contributed by atoms with van der Waals surface area (Å²) in [4.78, 5) is 23.4. The summed E-state index contributed by atoms with van der Waals surface area (Å²) in [6, 6.07) is 0. The van der Waals surface area contributed by atoms with E-state index in [-0.39, 0.29) is 49.8 Å². The minimum atomic E-state index is -2.63. The first-order valence-corrected chi connectivity index (χ1v) is 6.31. The third-order valence-electron chi connectivity index (χ3n) is 3.35. The fourth-order valence-electron chi connectivity index (χ4n) is 1.88. The van der Waals surface area contributed by atoms with Crippen LogP contribution in [0.1, 0.15) is 46.5 Å². The molecule has 1 N–H and O–H groups in total. The van der Waals surface area contributed by atoms with Gasteiger partial charge in [-0.3, -0.25) is 9.59 Å². The molecule has 0 bridgehead atoms. The van der Waals surface area contributed by atoms with Crippen molar-refractivity contribution >= 4 is 11.7 Å². The van der Waals surface area contributed by atoms with Crippen molar-refractivity contribution in [2.45, 2.75) is 52.4 Å². The summed E-state index contributed by atoms with van der Waals surface area (Å²) in [5, 5.41) is 2.55. The summed E-state index contributed by atoms with van der Waals surface area (Å²) in [5.41, 5.74) is -0.493. The van der Waals surface area contributed by atoms with E-state index < -0.39 is 11.3 Å². The van der Waals surface area contributed by atoms with Crippen molar-refractivity contribution in [3.05, 3.63) is 0 Å². The highest BCUT2D eigenvalue weighted by atomic mass is 19.3. The van der Waals surface area contributed by atoms with Crippen molar-refractivity contribution in [3.8, 4) is 0 Å². The molecular formula is C13H21F2NO2. The molecule has 0 unspecified atom stereocenters. The van der Waals surface area contributed by atoms with E-state index in [0.717, 1.165) is 0 Å². The van der Waals surface area contributed by atoms with E-state index in [1.807, 2.05) is 0 Å². The number of ketones is 1. The van der Waals surface area contributed by atoms with Crippen LogP contribution in [0.4, 0.5) is 8.78 Å². The van der Waals surface area contributed by atoms with E-state index in [1.165, 1.54) is 0 Å². The molecule has 18 heavy (non-hydrogen) atoms. The average Bonchev–Trinajstić information content (AvgIpc) is 2.24. The van der Waals surface area contributed by atoms with Crippen molar-refractivity contribution < 1.29 is 18.4 Å². The monoisotopic (exact) mass is 261 g/mol. The Kier molecular flexibility index (Phi) is 4.46. The minimum Gasteiger partial charge on any atom is -0.349 e. The fraction of sp³-hybridized carbons (Fsp3) is 0.846. The van der Waals surface area contributed by atoms with Gasteiger partial charge in [0.1, 0.15) is 0 Å². The van der Waals surface area contributed by atoms with Gasteiger partial charge in [0, 0.05) is 24.2 Å². The number of amides is 1. The van der Waals surface area contributed by atoms with Gasteiger partial charge < -0.3 is 5.32 Å². The largest absolute Gasteiger partial charge is 0.349 e. The molecule has 1 aliphatic rings. The highest BCUT2D eigenvalue weighted by molar-refractivity contribution is 5.89. The molecule has 3 nitrogen and oxygen atoms in total. The highest BCUT2D eigenvalue weighted by Crippen LogP contribution is 2.36. The molecule has 1 aliphatic carbocycles. The van der Waals surface area contributed by atoms with Crippen LogP contribution < -0.4 is 5.32 Å². The number of halogens is 2. The zero-order valence-electron chi connectivity index (χ0n) is 11.2. The van der Waals surface area contributed by atoms with E-state index in [1.54, 1.807) is 20.8 Å². The number of carbonyl (C=O) groups is 2. The fourth-order valence-corrected chi connectivity index (χ4v) is 1.88. The van der Waals surface area contributed by atoms with Crippen LogP contribution in [0.5, 0.6) is 0 Å². The zero-order valence-corrected chi connectivity index (χ0v) is 11.2. The van der Waals surface area contributed by atoms with Gasteiger partial charge >= 0.3 is 0 Å². The summed E-state index contributed by atoms with van der Waals surface area (Å²) < 4.78 is 25.9. The summed E-state index contributed by atoms with van der Waals surface area (Å²) in [7, 11) is 0. The van der Waals surface area contributed by atoms with Crippen molar-refractivity contribution in [1.82, 2.24) is 5.32 Å². The smallest absolute Gasteiger partial charge is 0.248 e. The summed E-state index contributed by atoms with van der Waals surface area (Å²) in [5.74, 6) is -3.34. The first-order valence-electron chi connectivity index (χ1n) is 6.31. The molecule has 0 aromatic carbocycles. The van der Waals surface area contributed by atoms with Crippen LogP contribution in [-0.2, 0) is 9.59 Å². The predicted molar refractivity (Wildman–Crippen MR) is 64.4 cm³/mol. The van der Waals surface area contributed by atoms with Crippen molar-refractivity contribution in [2.24, 2.45) is 11.3 Å². The maximum absolute atomic E-state index is 12.9. The van der Waals surface area contributed by atoms with Crippen LogP contribution in [0.25, 0.3) is 0 Å². The van der Waals surface area contributed by atoms with Crippen molar-refractivity contribution in [1.29, 1.82) is 0 Å². The molecule has 0 aromatic rings. The van der Waals surface area contributed by atoms with Gasteiger partial charge in [0.15, 0.2) is 5.78 Å². The van der Waals surface area contributed by atoms with E-state index in [9.17, 15) is 18.4 Å². The average molecular weight is 261 g/mol.